The molecule has 6 nitrogen and oxygen atoms in total. The summed E-state index contributed by atoms with van der Waals surface area (Å²) in [5.74, 6) is -0.751. The zero-order valence-corrected chi connectivity index (χ0v) is 23.8. The van der Waals surface area contributed by atoms with Crippen LogP contribution in [0.25, 0.3) is 11.1 Å². The number of thioether (sulfide) groups is 1. The maximum atomic E-state index is 13.4. The molecule has 39 heavy (non-hydrogen) atoms. The summed E-state index contributed by atoms with van der Waals surface area (Å²) >= 11 is 3.20. The number of carboxylic acid groups (broad SMARTS) is 1. The third kappa shape index (κ3) is 8.02. The van der Waals surface area contributed by atoms with E-state index in [0.717, 1.165) is 33.8 Å². The molecule has 4 aromatic rings. The van der Waals surface area contributed by atoms with Crippen LogP contribution in [0.15, 0.2) is 84.4 Å². The van der Waals surface area contributed by atoms with Crippen LogP contribution in [0.5, 0.6) is 0 Å². The molecule has 1 aromatic heterocycles. The molecule has 0 unspecified atom stereocenters. The monoisotopic (exact) mass is 559 g/mol. The van der Waals surface area contributed by atoms with Gasteiger partial charge in [0.25, 0.3) is 5.91 Å². The smallest absolute Gasteiger partial charge is 0.326 e. The Bertz CT molecular complexity index is 1380. The summed E-state index contributed by atoms with van der Waals surface area (Å²) in [4.78, 5) is 32.1. The van der Waals surface area contributed by atoms with Crippen molar-refractivity contribution in [1.82, 2.24) is 15.2 Å². The van der Waals surface area contributed by atoms with E-state index in [1.807, 2.05) is 79.4 Å². The lowest BCUT2D eigenvalue weighted by Crippen LogP contribution is -2.41. The number of aryl methyl sites for hydroxylation is 1. The number of amides is 1. The maximum Gasteiger partial charge on any atom is 0.326 e. The highest BCUT2D eigenvalue weighted by Crippen LogP contribution is 2.29. The van der Waals surface area contributed by atoms with Crippen LogP contribution >= 0.6 is 23.1 Å². The second-order valence-electron chi connectivity index (χ2n) is 9.40. The van der Waals surface area contributed by atoms with Crippen LogP contribution in [0.2, 0.25) is 0 Å². The predicted molar refractivity (Wildman–Crippen MR) is 160 cm³/mol. The van der Waals surface area contributed by atoms with Gasteiger partial charge in [-0.25, -0.2) is 9.78 Å². The fourth-order valence-corrected chi connectivity index (χ4v) is 5.63. The topological polar surface area (TPSA) is 82.5 Å². The number of nitrogens with zero attached hydrogens (tertiary/aromatic N) is 2. The minimum Gasteiger partial charge on any atom is -0.480 e. The number of aromatic nitrogens is 1. The van der Waals surface area contributed by atoms with E-state index in [0.29, 0.717) is 30.8 Å². The Labute approximate surface area is 238 Å². The van der Waals surface area contributed by atoms with Gasteiger partial charge in [0.05, 0.1) is 6.54 Å². The molecule has 8 heteroatoms. The highest BCUT2D eigenvalue weighted by molar-refractivity contribution is 7.98. The molecule has 202 valence electrons. The van der Waals surface area contributed by atoms with Gasteiger partial charge in [0, 0.05) is 30.2 Å². The molecule has 2 N–H and O–H groups in total. The lowest BCUT2D eigenvalue weighted by molar-refractivity contribution is -0.139. The molecule has 0 aliphatic carbocycles. The lowest BCUT2D eigenvalue weighted by atomic mass is 9.93. The summed E-state index contributed by atoms with van der Waals surface area (Å²) in [7, 11) is 0. The highest BCUT2D eigenvalue weighted by atomic mass is 32.2. The molecule has 3 aromatic carbocycles. The van der Waals surface area contributed by atoms with Crippen molar-refractivity contribution >= 4 is 35.0 Å². The Balaban J connectivity index is 1.66. The third-order valence-corrected chi connectivity index (χ3v) is 7.88. The van der Waals surface area contributed by atoms with Crippen molar-refractivity contribution in [3.05, 3.63) is 112 Å². The molecule has 1 heterocycles. The third-order valence-electron chi connectivity index (χ3n) is 6.48. The van der Waals surface area contributed by atoms with Gasteiger partial charge in [0.1, 0.15) is 11.0 Å². The first-order valence-corrected chi connectivity index (χ1v) is 15.1. The molecule has 1 amide bonds. The SMILES string of the molecule is CSCC[C@H](NC(=O)c1ccc(CN(Cc2ccccc2)Cc2nccs2)cc1-c1ccccc1C)C(=O)O. The first-order chi connectivity index (χ1) is 18.9. The van der Waals surface area contributed by atoms with Crippen molar-refractivity contribution in [2.24, 2.45) is 0 Å². The minimum absolute atomic E-state index is 0.366. The molecule has 0 aliphatic rings. The zero-order chi connectivity index (χ0) is 27.6. The van der Waals surface area contributed by atoms with Crippen molar-refractivity contribution in [1.29, 1.82) is 0 Å². The van der Waals surface area contributed by atoms with E-state index in [1.165, 1.54) is 5.56 Å². The van der Waals surface area contributed by atoms with Crippen LogP contribution < -0.4 is 5.32 Å². The van der Waals surface area contributed by atoms with Crippen LogP contribution in [0.1, 0.15) is 38.5 Å². The van der Waals surface area contributed by atoms with Gasteiger partial charge in [-0.1, -0.05) is 60.7 Å². The quantitative estimate of drug-likeness (QED) is 0.201. The van der Waals surface area contributed by atoms with E-state index >= 15 is 0 Å². The fraction of sp³-hybridized carbons (Fsp3) is 0.258. The summed E-state index contributed by atoms with van der Waals surface area (Å²) in [5, 5.41) is 15.4. The van der Waals surface area contributed by atoms with E-state index in [4.69, 9.17) is 0 Å². The van der Waals surface area contributed by atoms with E-state index < -0.39 is 12.0 Å². The number of thiazole rings is 1. The number of rotatable bonds is 13. The molecule has 0 radical (unpaired) electrons. The molecule has 0 spiro atoms. The number of aliphatic carboxylic acids is 1. The minimum atomic E-state index is -1.02. The van der Waals surface area contributed by atoms with Gasteiger partial charge < -0.3 is 10.4 Å². The van der Waals surface area contributed by atoms with Crippen LogP contribution in [-0.4, -0.2) is 44.9 Å². The fourth-order valence-electron chi connectivity index (χ4n) is 4.50. The zero-order valence-electron chi connectivity index (χ0n) is 22.2. The number of carbonyl (C=O) groups is 2. The first-order valence-electron chi connectivity index (χ1n) is 12.8. The van der Waals surface area contributed by atoms with Crippen LogP contribution in [0.4, 0.5) is 0 Å². The normalized spacial score (nSPS) is 11.9. The summed E-state index contributed by atoms with van der Waals surface area (Å²) in [6, 6.07) is 23.2. The number of nitrogens with one attached hydrogen (secondary N) is 1. The molecule has 0 bridgehead atoms. The van der Waals surface area contributed by atoms with Crippen LogP contribution in [0.3, 0.4) is 0 Å². The second-order valence-corrected chi connectivity index (χ2v) is 11.4. The number of carbonyl (C=O) groups excluding carboxylic acids is 1. The van der Waals surface area contributed by atoms with Gasteiger partial charge in [-0.3, -0.25) is 9.69 Å². The number of hydrogen-bond donors (Lipinski definition) is 2. The van der Waals surface area contributed by atoms with Gasteiger partial charge in [0.2, 0.25) is 0 Å². The van der Waals surface area contributed by atoms with E-state index in [2.05, 4.69) is 33.4 Å². The molecule has 1 atom stereocenters. The Morgan fingerprint density at radius 2 is 1.72 bits per heavy atom. The predicted octanol–water partition coefficient (Wildman–Crippen LogP) is 6.26. The number of hydrogen-bond acceptors (Lipinski definition) is 6. The summed E-state index contributed by atoms with van der Waals surface area (Å²) in [6.45, 7) is 4.16. The van der Waals surface area contributed by atoms with Gasteiger partial charge >= 0.3 is 5.97 Å². The van der Waals surface area contributed by atoms with E-state index in [-0.39, 0.29) is 5.91 Å². The average Bonchev–Trinajstić information content (AvgIpc) is 3.44. The second kappa shape index (κ2) is 14.1. The largest absolute Gasteiger partial charge is 0.480 e. The molecule has 0 saturated carbocycles. The van der Waals surface area contributed by atoms with Crippen LogP contribution in [-0.2, 0) is 24.4 Å². The number of carboxylic acids is 1. The Morgan fingerprint density at radius 1 is 0.974 bits per heavy atom. The van der Waals surface area contributed by atoms with Gasteiger partial charge in [-0.2, -0.15) is 11.8 Å². The molecular formula is C31H33N3O3S2. The van der Waals surface area contributed by atoms with E-state index in [9.17, 15) is 14.7 Å². The Morgan fingerprint density at radius 3 is 2.41 bits per heavy atom. The average molecular weight is 560 g/mol. The van der Waals surface area contributed by atoms with Gasteiger partial charge in [-0.05, 0) is 65.3 Å². The van der Waals surface area contributed by atoms with Crippen molar-refractivity contribution in [2.45, 2.75) is 39.0 Å². The summed E-state index contributed by atoms with van der Waals surface area (Å²) in [6.07, 6.45) is 4.12. The standard InChI is InChI=1S/C31H33N3O3S2/c1-22-8-6-7-11-25(22)27-18-24(12-13-26(27)30(35)33-28(31(36)37)14-16-38-2)20-34(21-29-32-15-17-39-29)19-23-9-4-3-5-10-23/h3-13,15,17-18,28H,14,16,19-21H2,1-2H3,(H,33,35)(H,36,37)/t28-/m0/s1. The van der Waals surface area contributed by atoms with Crippen molar-refractivity contribution in [3.8, 4) is 11.1 Å². The lowest BCUT2D eigenvalue weighted by Gasteiger charge is -2.23. The molecule has 0 aliphatic heterocycles. The Kier molecular flexibility index (Phi) is 10.3. The summed E-state index contributed by atoms with van der Waals surface area (Å²) in [5.41, 5.74) is 5.55. The van der Waals surface area contributed by atoms with Gasteiger partial charge in [0.15, 0.2) is 0 Å². The molecule has 0 fully saturated rings. The van der Waals surface area contributed by atoms with Gasteiger partial charge in [-0.15, -0.1) is 11.3 Å². The van der Waals surface area contributed by atoms with Crippen molar-refractivity contribution < 1.29 is 14.7 Å². The molecule has 4 rings (SSSR count). The maximum absolute atomic E-state index is 13.4. The van der Waals surface area contributed by atoms with Crippen molar-refractivity contribution in [2.75, 3.05) is 12.0 Å². The Hall–Kier alpha value is -3.46. The van der Waals surface area contributed by atoms with E-state index in [1.54, 1.807) is 23.1 Å². The summed E-state index contributed by atoms with van der Waals surface area (Å²) < 4.78 is 0. The molecule has 0 saturated heterocycles. The first kappa shape index (κ1) is 28.5. The van der Waals surface area contributed by atoms with Crippen molar-refractivity contribution in [3.63, 3.8) is 0 Å². The highest BCUT2D eigenvalue weighted by Gasteiger charge is 2.23. The number of benzene rings is 3. The van der Waals surface area contributed by atoms with Crippen LogP contribution in [0, 0.1) is 6.92 Å². The molecular weight excluding hydrogens is 526 g/mol.